The lowest BCUT2D eigenvalue weighted by Gasteiger charge is -2.25. The second-order valence-corrected chi connectivity index (χ2v) is 7.26. The molecule has 166 valence electrons. The summed E-state index contributed by atoms with van der Waals surface area (Å²) in [7, 11) is 3.67. The summed E-state index contributed by atoms with van der Waals surface area (Å²) in [6.45, 7) is 9.19. The Morgan fingerprint density at radius 2 is 2.10 bits per heavy atom. The monoisotopic (exact) mass is 520 g/mol. The van der Waals surface area contributed by atoms with Crippen molar-refractivity contribution in [2.75, 3.05) is 46.8 Å². The Morgan fingerprint density at radius 1 is 1.31 bits per heavy atom. The summed E-state index contributed by atoms with van der Waals surface area (Å²) in [6, 6.07) is 0.0434. The number of carbonyl (C=O) groups excluding carboxylic acids is 1. The fraction of sp³-hybridized carbons (Fsp3) is 0.789. The van der Waals surface area contributed by atoms with Crippen LogP contribution < -0.4 is 10.6 Å². The molecule has 29 heavy (non-hydrogen) atoms. The summed E-state index contributed by atoms with van der Waals surface area (Å²) >= 11 is 0. The highest BCUT2D eigenvalue weighted by atomic mass is 127. The van der Waals surface area contributed by atoms with Crippen molar-refractivity contribution in [1.82, 2.24) is 35.2 Å². The van der Waals surface area contributed by atoms with Crippen LogP contribution in [0.5, 0.6) is 0 Å². The van der Waals surface area contributed by atoms with Crippen molar-refractivity contribution in [3.05, 3.63) is 12.2 Å². The maximum atomic E-state index is 12.3. The van der Waals surface area contributed by atoms with E-state index in [0.29, 0.717) is 0 Å². The summed E-state index contributed by atoms with van der Waals surface area (Å²) in [6.07, 6.45) is 5.65. The first-order valence-corrected chi connectivity index (χ1v) is 10.4. The molecule has 1 saturated heterocycles. The molecule has 0 aromatic carbocycles. The van der Waals surface area contributed by atoms with Crippen LogP contribution in [0.4, 0.5) is 0 Å². The molecule has 1 fully saturated rings. The molecule has 1 aliphatic rings. The lowest BCUT2D eigenvalue weighted by Crippen LogP contribution is -2.43. The van der Waals surface area contributed by atoms with E-state index in [4.69, 9.17) is 0 Å². The molecule has 1 amide bonds. The van der Waals surface area contributed by atoms with Gasteiger partial charge in [-0.3, -0.25) is 14.7 Å². The lowest BCUT2D eigenvalue weighted by molar-refractivity contribution is -0.133. The molecule has 1 unspecified atom stereocenters. The summed E-state index contributed by atoms with van der Waals surface area (Å²) in [5.74, 6) is 2.04. The van der Waals surface area contributed by atoms with Crippen molar-refractivity contribution in [2.24, 2.45) is 4.99 Å². The molecule has 10 heteroatoms. The molecule has 1 aliphatic heterocycles. The van der Waals surface area contributed by atoms with Crippen molar-refractivity contribution in [2.45, 2.75) is 52.1 Å². The van der Waals surface area contributed by atoms with E-state index in [0.717, 1.165) is 76.7 Å². The van der Waals surface area contributed by atoms with E-state index in [1.807, 2.05) is 14.1 Å². The number of rotatable bonds is 10. The Bertz CT molecular complexity index is 633. The number of hydrogen-bond acceptors (Lipinski definition) is 5. The normalized spacial score (nSPS) is 17.1. The van der Waals surface area contributed by atoms with Gasteiger partial charge >= 0.3 is 0 Å². The molecule has 0 aliphatic carbocycles. The van der Waals surface area contributed by atoms with Crippen LogP contribution in [0.1, 0.15) is 38.9 Å². The number of nitrogens with one attached hydrogen (secondary N) is 2. The summed E-state index contributed by atoms with van der Waals surface area (Å²) in [5.41, 5.74) is 0. The Balaban J connectivity index is 0.00000420. The highest BCUT2D eigenvalue weighted by Crippen LogP contribution is 2.18. The Labute approximate surface area is 191 Å². The first kappa shape index (κ1) is 25.6. The first-order valence-electron chi connectivity index (χ1n) is 10.4. The van der Waals surface area contributed by atoms with E-state index in [-0.39, 0.29) is 35.9 Å². The summed E-state index contributed by atoms with van der Waals surface area (Å²) in [4.78, 5) is 20.9. The van der Waals surface area contributed by atoms with Crippen molar-refractivity contribution in [1.29, 1.82) is 0 Å². The van der Waals surface area contributed by atoms with E-state index in [1.165, 1.54) is 0 Å². The van der Waals surface area contributed by atoms with E-state index in [1.54, 1.807) is 11.2 Å². The van der Waals surface area contributed by atoms with Gasteiger partial charge in [0.25, 0.3) is 0 Å². The fourth-order valence-electron chi connectivity index (χ4n) is 3.51. The van der Waals surface area contributed by atoms with Crippen LogP contribution >= 0.6 is 24.0 Å². The number of nitrogens with zero attached hydrogens (tertiary/aromatic N) is 6. The van der Waals surface area contributed by atoms with Gasteiger partial charge in [0.15, 0.2) is 5.96 Å². The van der Waals surface area contributed by atoms with Crippen LogP contribution in [0.2, 0.25) is 0 Å². The molecular formula is C19H37IN8O. The fourth-order valence-corrected chi connectivity index (χ4v) is 3.51. The Morgan fingerprint density at radius 3 is 2.79 bits per heavy atom. The van der Waals surface area contributed by atoms with Crippen LogP contribution in [0.15, 0.2) is 11.3 Å². The van der Waals surface area contributed by atoms with Crippen molar-refractivity contribution in [3.8, 4) is 0 Å². The highest BCUT2D eigenvalue weighted by Gasteiger charge is 2.30. The molecule has 1 aromatic rings. The molecule has 2 rings (SSSR count). The molecule has 0 saturated carbocycles. The molecule has 2 heterocycles. The van der Waals surface area contributed by atoms with Gasteiger partial charge in [0.1, 0.15) is 12.2 Å². The van der Waals surface area contributed by atoms with E-state index >= 15 is 0 Å². The van der Waals surface area contributed by atoms with Gasteiger partial charge in [-0.2, -0.15) is 0 Å². The number of carbonyl (C=O) groups is 1. The molecule has 9 nitrogen and oxygen atoms in total. The number of aryl methyl sites for hydroxylation is 1. The van der Waals surface area contributed by atoms with Gasteiger partial charge in [-0.1, -0.05) is 6.92 Å². The minimum Gasteiger partial charge on any atom is -0.357 e. The number of halogens is 1. The maximum Gasteiger partial charge on any atom is 0.239 e. The third-order valence-corrected chi connectivity index (χ3v) is 4.96. The second kappa shape index (κ2) is 13.7. The van der Waals surface area contributed by atoms with Crippen LogP contribution in [0.25, 0.3) is 0 Å². The minimum atomic E-state index is 0. The summed E-state index contributed by atoms with van der Waals surface area (Å²) < 4.78 is 2.06. The van der Waals surface area contributed by atoms with Crippen LogP contribution in [0.3, 0.4) is 0 Å². The number of aliphatic imine (C=N–C) groups is 1. The van der Waals surface area contributed by atoms with Crippen LogP contribution in [-0.4, -0.2) is 89.3 Å². The Kier molecular flexibility index (Phi) is 12.1. The van der Waals surface area contributed by atoms with Crippen molar-refractivity contribution < 1.29 is 4.79 Å². The predicted molar refractivity (Wildman–Crippen MR) is 127 cm³/mol. The lowest BCUT2D eigenvalue weighted by atomic mass is 10.2. The molecule has 0 bridgehead atoms. The zero-order chi connectivity index (χ0) is 20.4. The third-order valence-electron chi connectivity index (χ3n) is 4.96. The zero-order valence-corrected chi connectivity index (χ0v) is 20.6. The molecule has 0 radical (unpaired) electrons. The van der Waals surface area contributed by atoms with Crippen molar-refractivity contribution in [3.63, 3.8) is 0 Å². The molecule has 2 N–H and O–H groups in total. The first-order chi connectivity index (χ1) is 13.6. The SMILES string of the molecule is CCNC(=NCCCN1CCCC1C(=O)N(C)C)NCCn1cnnc1CC.I. The smallest absolute Gasteiger partial charge is 0.239 e. The third kappa shape index (κ3) is 8.07. The Hall–Kier alpha value is -1.43. The highest BCUT2D eigenvalue weighted by molar-refractivity contribution is 14.0. The number of hydrogen-bond donors (Lipinski definition) is 2. The molecular weight excluding hydrogens is 483 g/mol. The number of guanidine groups is 1. The largest absolute Gasteiger partial charge is 0.357 e. The average Bonchev–Trinajstić information content (AvgIpc) is 3.33. The topological polar surface area (TPSA) is 90.7 Å². The van der Waals surface area contributed by atoms with Gasteiger partial charge in [0.05, 0.1) is 6.04 Å². The van der Waals surface area contributed by atoms with Crippen LogP contribution in [-0.2, 0) is 17.8 Å². The minimum absolute atomic E-state index is 0. The number of likely N-dealkylation sites (tertiary alicyclic amines) is 1. The standard InChI is InChI=1S/C19H36N8O.HI/c1-5-17-24-23-15-27(17)14-11-22-19(20-6-2)21-10-8-13-26-12-7-9-16(26)18(28)25(3)4;/h15-16H,5-14H2,1-4H3,(H2,20,21,22);1H. The van der Waals surface area contributed by atoms with Gasteiger partial charge in [-0.05, 0) is 32.7 Å². The van der Waals surface area contributed by atoms with E-state index < -0.39 is 0 Å². The molecule has 0 spiro atoms. The number of aromatic nitrogens is 3. The zero-order valence-electron chi connectivity index (χ0n) is 18.2. The quantitative estimate of drug-likeness (QED) is 0.207. The van der Waals surface area contributed by atoms with Gasteiger partial charge in [-0.25, -0.2) is 0 Å². The van der Waals surface area contributed by atoms with Crippen molar-refractivity contribution >= 4 is 35.8 Å². The van der Waals surface area contributed by atoms with E-state index in [2.05, 4.69) is 49.1 Å². The second-order valence-electron chi connectivity index (χ2n) is 7.26. The number of likely N-dealkylation sites (N-methyl/N-ethyl adjacent to an activating group) is 1. The van der Waals surface area contributed by atoms with Gasteiger partial charge in [-0.15, -0.1) is 34.2 Å². The van der Waals surface area contributed by atoms with Gasteiger partial charge in [0.2, 0.25) is 5.91 Å². The van der Waals surface area contributed by atoms with E-state index in [9.17, 15) is 4.79 Å². The van der Waals surface area contributed by atoms with Gasteiger partial charge in [0, 0.05) is 53.2 Å². The number of amides is 1. The molecule has 1 atom stereocenters. The van der Waals surface area contributed by atoms with Crippen LogP contribution in [0, 0.1) is 0 Å². The predicted octanol–water partition coefficient (Wildman–Crippen LogP) is 0.956. The average molecular weight is 520 g/mol. The maximum absolute atomic E-state index is 12.3. The summed E-state index contributed by atoms with van der Waals surface area (Å²) in [5, 5.41) is 14.7. The van der Waals surface area contributed by atoms with Gasteiger partial charge < -0.3 is 20.1 Å². The molecule has 1 aromatic heterocycles.